The van der Waals surface area contributed by atoms with Crippen LogP contribution in [0, 0.1) is 0 Å². The van der Waals surface area contributed by atoms with Crippen molar-refractivity contribution in [2.24, 2.45) is 0 Å². The minimum absolute atomic E-state index is 0.0644. The Labute approximate surface area is 168 Å². The van der Waals surface area contributed by atoms with Gasteiger partial charge in [-0.1, -0.05) is 11.6 Å². The molecule has 1 aromatic heterocycles. The molecule has 0 aliphatic rings. The largest absolute Gasteiger partial charge is 0.493 e. The fourth-order valence-corrected chi connectivity index (χ4v) is 2.88. The summed E-state index contributed by atoms with van der Waals surface area (Å²) in [6.07, 6.45) is -2.07. The maximum atomic E-state index is 13.1. The number of aromatic nitrogens is 3. The summed E-state index contributed by atoms with van der Waals surface area (Å²) in [5.74, 6) is -0.271. The van der Waals surface area contributed by atoms with E-state index in [0.29, 0.717) is 0 Å². The van der Waals surface area contributed by atoms with E-state index in [0.717, 1.165) is 12.1 Å². The highest BCUT2D eigenvalue weighted by Gasteiger charge is 2.31. The molecular formula is C18H14ClF3N4O3. The van der Waals surface area contributed by atoms with E-state index in [1.807, 2.05) is 0 Å². The van der Waals surface area contributed by atoms with Gasteiger partial charge in [-0.3, -0.25) is 4.79 Å². The van der Waals surface area contributed by atoms with E-state index >= 15 is 0 Å². The molecule has 0 aliphatic heterocycles. The van der Waals surface area contributed by atoms with E-state index < -0.39 is 17.6 Å². The van der Waals surface area contributed by atoms with Gasteiger partial charge in [-0.25, -0.2) is 9.67 Å². The van der Waals surface area contributed by atoms with Crippen LogP contribution in [0.3, 0.4) is 0 Å². The lowest BCUT2D eigenvalue weighted by Gasteiger charge is -2.15. The van der Waals surface area contributed by atoms with Crippen LogP contribution in [0.15, 0.2) is 43.0 Å². The molecule has 0 radical (unpaired) electrons. The molecule has 1 heterocycles. The highest BCUT2D eigenvalue weighted by molar-refractivity contribution is 6.32. The second kappa shape index (κ2) is 8.00. The molecule has 152 valence electrons. The minimum Gasteiger partial charge on any atom is -0.493 e. The molecule has 7 nitrogen and oxygen atoms in total. The smallest absolute Gasteiger partial charge is 0.416 e. The van der Waals surface area contributed by atoms with Crippen molar-refractivity contribution < 1.29 is 27.4 Å². The maximum Gasteiger partial charge on any atom is 0.416 e. The minimum atomic E-state index is -4.59. The van der Waals surface area contributed by atoms with E-state index in [1.165, 1.54) is 49.8 Å². The third kappa shape index (κ3) is 4.27. The quantitative estimate of drug-likeness (QED) is 0.661. The van der Waals surface area contributed by atoms with Gasteiger partial charge < -0.3 is 14.8 Å². The van der Waals surface area contributed by atoms with E-state index in [9.17, 15) is 18.0 Å². The summed E-state index contributed by atoms with van der Waals surface area (Å²) in [6.45, 7) is 0. The third-order valence-electron chi connectivity index (χ3n) is 3.93. The monoisotopic (exact) mass is 426 g/mol. The molecular weight excluding hydrogens is 413 g/mol. The van der Waals surface area contributed by atoms with Gasteiger partial charge in [-0.05, 0) is 30.3 Å². The molecule has 2 aromatic carbocycles. The predicted molar refractivity (Wildman–Crippen MR) is 98.9 cm³/mol. The number of ether oxygens (including phenoxy) is 2. The second-order valence-electron chi connectivity index (χ2n) is 5.72. The van der Waals surface area contributed by atoms with Crippen molar-refractivity contribution in [1.29, 1.82) is 0 Å². The van der Waals surface area contributed by atoms with Crippen LogP contribution in [0.2, 0.25) is 5.02 Å². The number of nitrogens with zero attached hydrogens (tertiary/aromatic N) is 3. The Morgan fingerprint density at radius 1 is 1.17 bits per heavy atom. The molecule has 0 fully saturated rings. The van der Waals surface area contributed by atoms with Crippen LogP contribution in [0.25, 0.3) is 5.69 Å². The molecule has 0 saturated carbocycles. The Hall–Kier alpha value is -3.27. The van der Waals surface area contributed by atoms with Crippen LogP contribution in [0.5, 0.6) is 11.5 Å². The summed E-state index contributed by atoms with van der Waals surface area (Å²) in [6, 6.07) is 5.58. The summed E-state index contributed by atoms with van der Waals surface area (Å²) >= 11 is 6.10. The Bertz CT molecular complexity index is 1040. The predicted octanol–water partition coefficient (Wildman–Crippen LogP) is 4.21. The van der Waals surface area contributed by atoms with Crippen LogP contribution in [0.1, 0.15) is 15.9 Å². The highest BCUT2D eigenvalue weighted by Crippen LogP contribution is 2.37. The number of methoxy groups -OCH3 is 2. The maximum absolute atomic E-state index is 13.1. The number of anilines is 1. The van der Waals surface area contributed by atoms with E-state index in [2.05, 4.69) is 15.4 Å². The van der Waals surface area contributed by atoms with Crippen LogP contribution in [-0.4, -0.2) is 34.9 Å². The first-order chi connectivity index (χ1) is 13.7. The summed E-state index contributed by atoms with van der Waals surface area (Å²) in [7, 11) is 2.75. The van der Waals surface area contributed by atoms with Gasteiger partial charge in [0.1, 0.15) is 12.7 Å². The molecule has 11 heteroatoms. The number of amides is 1. The number of alkyl halides is 3. The molecule has 0 unspecified atom stereocenters. The molecule has 0 bridgehead atoms. The van der Waals surface area contributed by atoms with Gasteiger partial charge in [0.2, 0.25) is 0 Å². The number of rotatable bonds is 5. The fraction of sp³-hybridized carbons (Fsp3) is 0.167. The van der Waals surface area contributed by atoms with E-state index in [-0.39, 0.29) is 33.5 Å². The molecule has 29 heavy (non-hydrogen) atoms. The lowest BCUT2D eigenvalue weighted by Crippen LogP contribution is -2.16. The number of carbonyl (C=O) groups is 1. The van der Waals surface area contributed by atoms with Crippen molar-refractivity contribution >= 4 is 23.2 Å². The fourth-order valence-electron chi connectivity index (χ4n) is 2.59. The first-order valence-electron chi connectivity index (χ1n) is 8.03. The summed E-state index contributed by atoms with van der Waals surface area (Å²) in [5.41, 5.74) is -0.770. The molecule has 1 N–H and O–H groups in total. The van der Waals surface area contributed by atoms with Crippen molar-refractivity contribution in [2.75, 3.05) is 19.5 Å². The average Bonchev–Trinajstić information content (AvgIpc) is 3.21. The lowest BCUT2D eigenvalue weighted by molar-refractivity contribution is -0.137. The number of hydrogen-bond donors (Lipinski definition) is 1. The Kier molecular flexibility index (Phi) is 5.64. The normalized spacial score (nSPS) is 11.2. The van der Waals surface area contributed by atoms with Crippen molar-refractivity contribution in [3.63, 3.8) is 0 Å². The van der Waals surface area contributed by atoms with Gasteiger partial charge in [0.15, 0.2) is 11.5 Å². The number of halogens is 4. The third-order valence-corrected chi connectivity index (χ3v) is 4.21. The molecule has 0 saturated heterocycles. The Morgan fingerprint density at radius 3 is 2.52 bits per heavy atom. The highest BCUT2D eigenvalue weighted by atomic mass is 35.5. The van der Waals surface area contributed by atoms with Crippen LogP contribution >= 0.6 is 11.6 Å². The van der Waals surface area contributed by atoms with Crippen molar-refractivity contribution in [1.82, 2.24) is 14.8 Å². The molecule has 3 rings (SSSR count). The summed E-state index contributed by atoms with van der Waals surface area (Å²) < 4.78 is 50.9. The van der Waals surface area contributed by atoms with E-state index in [1.54, 1.807) is 0 Å². The molecule has 0 atom stereocenters. The second-order valence-corrected chi connectivity index (χ2v) is 6.12. The topological polar surface area (TPSA) is 78.3 Å². The number of benzene rings is 2. The number of nitrogens with one attached hydrogen (secondary N) is 1. The molecule has 0 aliphatic carbocycles. The van der Waals surface area contributed by atoms with E-state index in [4.69, 9.17) is 21.1 Å². The van der Waals surface area contributed by atoms with Gasteiger partial charge in [0, 0.05) is 5.56 Å². The van der Waals surface area contributed by atoms with Gasteiger partial charge in [0.25, 0.3) is 5.91 Å². The average molecular weight is 427 g/mol. The first kappa shape index (κ1) is 20.5. The van der Waals surface area contributed by atoms with Crippen LogP contribution in [0.4, 0.5) is 18.9 Å². The van der Waals surface area contributed by atoms with Gasteiger partial charge in [-0.15, -0.1) is 0 Å². The summed E-state index contributed by atoms with van der Waals surface area (Å²) in [5, 5.41) is 6.47. The standard InChI is InChI=1S/C18H14ClF3N4O3/c1-28-15-6-10(5-12(19)16(15)29-2)17(27)25-13-7-11(18(20,21)22)3-4-14(13)26-9-23-8-24-26/h3-9H,1-2H3,(H,25,27). The van der Waals surface area contributed by atoms with Crippen molar-refractivity contribution in [3.8, 4) is 17.2 Å². The first-order valence-corrected chi connectivity index (χ1v) is 8.41. The molecule has 3 aromatic rings. The lowest BCUT2D eigenvalue weighted by atomic mass is 10.1. The molecule has 1 amide bonds. The number of carbonyl (C=O) groups excluding carboxylic acids is 1. The zero-order chi connectivity index (χ0) is 21.2. The number of hydrogen-bond acceptors (Lipinski definition) is 5. The molecule has 0 spiro atoms. The Balaban J connectivity index is 2.02. The van der Waals surface area contributed by atoms with Gasteiger partial charge in [0.05, 0.1) is 36.2 Å². The SMILES string of the molecule is COc1cc(C(=O)Nc2cc(C(F)(F)F)ccc2-n2cncn2)cc(Cl)c1OC. The van der Waals surface area contributed by atoms with Crippen LogP contribution < -0.4 is 14.8 Å². The van der Waals surface area contributed by atoms with Gasteiger partial charge in [-0.2, -0.15) is 18.3 Å². The van der Waals surface area contributed by atoms with Gasteiger partial charge >= 0.3 is 6.18 Å². The van der Waals surface area contributed by atoms with Crippen LogP contribution in [-0.2, 0) is 6.18 Å². The van der Waals surface area contributed by atoms with Crippen molar-refractivity contribution in [3.05, 3.63) is 59.1 Å². The zero-order valence-corrected chi connectivity index (χ0v) is 15.9. The summed E-state index contributed by atoms with van der Waals surface area (Å²) in [4.78, 5) is 16.5. The Morgan fingerprint density at radius 2 is 1.93 bits per heavy atom. The van der Waals surface area contributed by atoms with Crippen molar-refractivity contribution in [2.45, 2.75) is 6.18 Å². The zero-order valence-electron chi connectivity index (χ0n) is 15.1.